The molecule has 0 saturated carbocycles. The van der Waals surface area contributed by atoms with E-state index in [1.807, 2.05) is 6.92 Å². The van der Waals surface area contributed by atoms with Crippen LogP contribution in [0.2, 0.25) is 5.02 Å². The third-order valence-corrected chi connectivity index (χ3v) is 5.76. The van der Waals surface area contributed by atoms with Crippen LogP contribution in [-0.4, -0.2) is 78.5 Å². The summed E-state index contributed by atoms with van der Waals surface area (Å²) in [5.41, 5.74) is 1.96. The van der Waals surface area contributed by atoms with Gasteiger partial charge in [0, 0.05) is 24.7 Å². The zero-order chi connectivity index (χ0) is 20.5. The molecule has 9 heteroatoms. The standard InChI is InChI=1S/C20H23ClN4O4/c1-2-25-15-11-24(12-16(26)23-7-9-29-10-8-23)19(27)17(15)18(22-20(25)28)13-3-5-14(21)6-4-13/h3-6,18H,2,7-12H2,1H3,(H,22,28). The molecule has 4 rings (SSSR count). The average Bonchev–Trinajstić information content (AvgIpc) is 3.04. The van der Waals surface area contributed by atoms with E-state index in [0.29, 0.717) is 49.1 Å². The predicted molar refractivity (Wildman–Crippen MR) is 106 cm³/mol. The van der Waals surface area contributed by atoms with Gasteiger partial charge in [-0.2, -0.15) is 0 Å². The molecule has 1 N–H and O–H groups in total. The number of amides is 4. The van der Waals surface area contributed by atoms with E-state index in [2.05, 4.69) is 5.32 Å². The smallest absolute Gasteiger partial charge is 0.322 e. The van der Waals surface area contributed by atoms with Gasteiger partial charge < -0.3 is 19.9 Å². The number of halogens is 1. The molecule has 0 aromatic heterocycles. The summed E-state index contributed by atoms with van der Waals surface area (Å²) in [5, 5.41) is 3.50. The lowest BCUT2D eigenvalue weighted by Gasteiger charge is -2.32. The van der Waals surface area contributed by atoms with Gasteiger partial charge in [0.2, 0.25) is 5.91 Å². The third-order valence-electron chi connectivity index (χ3n) is 5.51. The minimum atomic E-state index is -0.562. The van der Waals surface area contributed by atoms with E-state index in [1.165, 1.54) is 4.90 Å². The van der Waals surface area contributed by atoms with Gasteiger partial charge in [0.1, 0.15) is 6.54 Å². The van der Waals surface area contributed by atoms with Crippen LogP contribution in [-0.2, 0) is 14.3 Å². The summed E-state index contributed by atoms with van der Waals surface area (Å²) in [6.07, 6.45) is 0. The molecule has 1 unspecified atom stereocenters. The Labute approximate surface area is 174 Å². The zero-order valence-corrected chi connectivity index (χ0v) is 16.9. The fourth-order valence-electron chi connectivity index (χ4n) is 3.99. The molecule has 1 aromatic rings. The normalized spacial score (nSPS) is 22.1. The van der Waals surface area contributed by atoms with E-state index in [-0.39, 0.29) is 30.9 Å². The fourth-order valence-corrected chi connectivity index (χ4v) is 4.12. The molecular weight excluding hydrogens is 396 g/mol. The summed E-state index contributed by atoms with van der Waals surface area (Å²) in [4.78, 5) is 43.3. The number of carbonyl (C=O) groups excluding carboxylic acids is 3. The second kappa shape index (κ2) is 8.04. The van der Waals surface area contributed by atoms with Crippen LogP contribution < -0.4 is 5.32 Å². The van der Waals surface area contributed by atoms with Crippen LogP contribution in [0.25, 0.3) is 0 Å². The first kappa shape index (κ1) is 19.7. The molecule has 0 aliphatic carbocycles. The van der Waals surface area contributed by atoms with Crippen molar-refractivity contribution < 1.29 is 19.1 Å². The highest BCUT2D eigenvalue weighted by molar-refractivity contribution is 6.30. The van der Waals surface area contributed by atoms with Crippen molar-refractivity contribution in [1.82, 2.24) is 20.0 Å². The summed E-state index contributed by atoms with van der Waals surface area (Å²) in [6, 6.07) is 6.25. The largest absolute Gasteiger partial charge is 0.378 e. The van der Waals surface area contributed by atoms with Gasteiger partial charge in [0.15, 0.2) is 0 Å². The Bertz CT molecular complexity index is 864. The van der Waals surface area contributed by atoms with Gasteiger partial charge in [0.05, 0.1) is 37.1 Å². The number of morpholine rings is 1. The first-order valence-corrected chi connectivity index (χ1v) is 10.1. The Morgan fingerprint density at radius 1 is 1.21 bits per heavy atom. The fraction of sp³-hybridized carbons (Fsp3) is 0.450. The molecule has 29 heavy (non-hydrogen) atoms. The van der Waals surface area contributed by atoms with Crippen molar-refractivity contribution in [1.29, 1.82) is 0 Å². The highest BCUT2D eigenvalue weighted by Gasteiger charge is 2.44. The van der Waals surface area contributed by atoms with Gasteiger partial charge in [-0.05, 0) is 24.6 Å². The summed E-state index contributed by atoms with van der Waals surface area (Å²) >= 11 is 5.99. The molecule has 0 radical (unpaired) electrons. The van der Waals surface area contributed by atoms with Gasteiger partial charge in [-0.15, -0.1) is 0 Å². The number of benzene rings is 1. The van der Waals surface area contributed by atoms with E-state index in [1.54, 1.807) is 34.1 Å². The molecule has 1 aromatic carbocycles. The maximum Gasteiger partial charge on any atom is 0.322 e. The molecule has 154 valence electrons. The average molecular weight is 419 g/mol. The molecule has 4 amide bonds. The topological polar surface area (TPSA) is 82.2 Å². The molecular formula is C20H23ClN4O4. The van der Waals surface area contributed by atoms with Gasteiger partial charge in [-0.3, -0.25) is 14.5 Å². The van der Waals surface area contributed by atoms with Crippen LogP contribution in [0.4, 0.5) is 4.79 Å². The highest BCUT2D eigenvalue weighted by Crippen LogP contribution is 2.36. The molecule has 1 fully saturated rings. The van der Waals surface area contributed by atoms with Gasteiger partial charge in [-0.25, -0.2) is 4.79 Å². The van der Waals surface area contributed by atoms with E-state index in [9.17, 15) is 14.4 Å². The number of likely N-dealkylation sites (N-methyl/N-ethyl adjacent to an activating group) is 1. The SMILES string of the molecule is CCN1C(=O)NC(c2ccc(Cl)cc2)C2=C1CN(CC(=O)N1CCOCC1)C2=O. The number of urea groups is 1. The number of hydrogen-bond donors (Lipinski definition) is 1. The monoisotopic (exact) mass is 418 g/mol. The van der Waals surface area contributed by atoms with Crippen LogP contribution >= 0.6 is 11.6 Å². The molecule has 1 saturated heterocycles. The molecule has 3 heterocycles. The Balaban J connectivity index is 1.59. The quantitative estimate of drug-likeness (QED) is 0.800. The number of carbonyl (C=O) groups is 3. The van der Waals surface area contributed by atoms with E-state index in [0.717, 1.165) is 5.56 Å². The van der Waals surface area contributed by atoms with Gasteiger partial charge in [-0.1, -0.05) is 23.7 Å². The predicted octanol–water partition coefficient (Wildman–Crippen LogP) is 1.38. The second-order valence-corrected chi connectivity index (χ2v) is 7.63. The summed E-state index contributed by atoms with van der Waals surface area (Å²) in [7, 11) is 0. The van der Waals surface area contributed by atoms with Crippen molar-refractivity contribution in [2.45, 2.75) is 13.0 Å². The zero-order valence-electron chi connectivity index (χ0n) is 16.2. The van der Waals surface area contributed by atoms with E-state index >= 15 is 0 Å². The maximum atomic E-state index is 13.2. The lowest BCUT2D eigenvalue weighted by Crippen LogP contribution is -2.47. The van der Waals surface area contributed by atoms with E-state index in [4.69, 9.17) is 16.3 Å². The minimum absolute atomic E-state index is 0.00901. The van der Waals surface area contributed by atoms with Gasteiger partial charge >= 0.3 is 6.03 Å². The third kappa shape index (κ3) is 3.70. The number of ether oxygens (including phenoxy) is 1. The van der Waals surface area contributed by atoms with Crippen molar-refractivity contribution in [3.63, 3.8) is 0 Å². The first-order valence-electron chi connectivity index (χ1n) is 9.71. The first-order chi connectivity index (χ1) is 14.0. The van der Waals surface area contributed by atoms with Crippen LogP contribution in [0.5, 0.6) is 0 Å². The minimum Gasteiger partial charge on any atom is -0.378 e. The van der Waals surface area contributed by atoms with Gasteiger partial charge in [0.25, 0.3) is 5.91 Å². The molecule has 3 aliphatic heterocycles. The van der Waals surface area contributed by atoms with Crippen LogP contribution in [0.15, 0.2) is 35.5 Å². The number of rotatable bonds is 4. The molecule has 0 spiro atoms. The molecule has 8 nitrogen and oxygen atoms in total. The second-order valence-electron chi connectivity index (χ2n) is 7.19. The summed E-state index contributed by atoms with van der Waals surface area (Å²) in [6.45, 7) is 4.62. The van der Waals surface area contributed by atoms with Crippen molar-refractivity contribution in [2.75, 3.05) is 45.9 Å². The summed E-state index contributed by atoms with van der Waals surface area (Å²) < 4.78 is 5.29. The highest BCUT2D eigenvalue weighted by atomic mass is 35.5. The van der Waals surface area contributed by atoms with Crippen molar-refractivity contribution in [3.8, 4) is 0 Å². The van der Waals surface area contributed by atoms with Crippen LogP contribution in [0.3, 0.4) is 0 Å². The lowest BCUT2D eigenvalue weighted by atomic mass is 9.95. The number of hydrogen-bond acceptors (Lipinski definition) is 4. The van der Waals surface area contributed by atoms with Crippen LogP contribution in [0, 0.1) is 0 Å². The Morgan fingerprint density at radius 3 is 2.55 bits per heavy atom. The maximum absolute atomic E-state index is 13.2. The molecule has 3 aliphatic rings. The van der Waals surface area contributed by atoms with E-state index < -0.39 is 6.04 Å². The Morgan fingerprint density at radius 2 is 1.90 bits per heavy atom. The molecule has 1 atom stereocenters. The Hall–Kier alpha value is -2.58. The number of nitrogens with one attached hydrogen (secondary N) is 1. The van der Waals surface area contributed by atoms with Crippen molar-refractivity contribution >= 4 is 29.4 Å². The lowest BCUT2D eigenvalue weighted by molar-refractivity contribution is -0.140. The molecule has 0 bridgehead atoms. The van der Waals surface area contributed by atoms with Crippen LogP contribution in [0.1, 0.15) is 18.5 Å². The Kier molecular flexibility index (Phi) is 5.47. The van der Waals surface area contributed by atoms with Crippen molar-refractivity contribution in [2.24, 2.45) is 0 Å². The number of nitrogens with zero attached hydrogens (tertiary/aromatic N) is 3. The summed E-state index contributed by atoms with van der Waals surface area (Å²) in [5.74, 6) is -0.327. The van der Waals surface area contributed by atoms with Crippen molar-refractivity contribution in [3.05, 3.63) is 46.1 Å².